The molecule has 0 spiro atoms. The minimum atomic E-state index is 0.0540. The van der Waals surface area contributed by atoms with Crippen molar-refractivity contribution in [2.45, 2.75) is 271 Å². The SMILES string of the molecule is CCCCCCCCC(CCCCCCCC)CC(=O)NCCCCCN(CCN(CCO)CCCCCCOC(=O)C(CCCCCC)CCCCCCCC)C1CCC1. The minimum absolute atomic E-state index is 0.0540. The lowest BCUT2D eigenvalue weighted by Crippen LogP contribution is -2.45. The van der Waals surface area contributed by atoms with Gasteiger partial charge in [0.05, 0.1) is 19.1 Å². The van der Waals surface area contributed by atoms with Gasteiger partial charge in [-0.1, -0.05) is 195 Å². The van der Waals surface area contributed by atoms with Crippen LogP contribution in [-0.4, -0.2) is 85.3 Å². The number of unbranched alkanes of at least 4 members (excludes halogenated alkanes) is 23. The van der Waals surface area contributed by atoms with E-state index in [1.165, 1.54) is 167 Å². The Labute approximate surface area is 380 Å². The molecule has 7 heteroatoms. The maximum atomic E-state index is 13.0. The van der Waals surface area contributed by atoms with Crippen LogP contribution in [0.1, 0.15) is 265 Å². The standard InChI is InChI=1S/C54H107N3O4/c1-5-9-13-17-20-26-35-50(36-27-21-18-14-10-6-2)49-53(59)55-41-30-25-32-43-57(52-39-34-40-52)45-44-56(46-47-58)42-31-23-24-33-48-61-54(60)51(37-28-16-12-8-4)38-29-22-19-15-11-7-3/h50-52,58H,5-49H2,1-4H3,(H,55,59). The van der Waals surface area contributed by atoms with Gasteiger partial charge < -0.3 is 15.2 Å². The zero-order valence-corrected chi connectivity index (χ0v) is 41.6. The van der Waals surface area contributed by atoms with Gasteiger partial charge in [-0.15, -0.1) is 0 Å². The molecule has 1 aliphatic rings. The smallest absolute Gasteiger partial charge is 0.308 e. The monoisotopic (exact) mass is 862 g/mol. The van der Waals surface area contributed by atoms with E-state index in [-0.39, 0.29) is 24.4 Å². The molecule has 1 saturated carbocycles. The van der Waals surface area contributed by atoms with Crippen LogP contribution in [0.5, 0.6) is 0 Å². The van der Waals surface area contributed by atoms with Crippen LogP contribution in [0.15, 0.2) is 0 Å². The van der Waals surface area contributed by atoms with E-state index in [1.807, 2.05) is 0 Å². The molecule has 1 amide bonds. The molecule has 2 N–H and O–H groups in total. The van der Waals surface area contributed by atoms with Gasteiger partial charge in [-0.05, 0) is 83.2 Å². The number of aliphatic hydroxyl groups excluding tert-OH is 1. The summed E-state index contributed by atoms with van der Waals surface area (Å²) in [6.45, 7) is 15.7. The fourth-order valence-electron chi connectivity index (χ4n) is 9.38. The lowest BCUT2D eigenvalue weighted by Gasteiger charge is -2.39. The Kier molecular flexibility index (Phi) is 41.8. The second kappa shape index (κ2) is 44.0. The highest BCUT2D eigenvalue weighted by molar-refractivity contribution is 5.76. The van der Waals surface area contributed by atoms with Crippen LogP contribution in [0.25, 0.3) is 0 Å². The molecule has 7 nitrogen and oxygen atoms in total. The van der Waals surface area contributed by atoms with E-state index < -0.39 is 0 Å². The first-order valence-electron chi connectivity index (χ1n) is 27.5. The molecule has 1 aliphatic carbocycles. The van der Waals surface area contributed by atoms with Crippen molar-refractivity contribution in [3.05, 3.63) is 0 Å². The minimum Gasteiger partial charge on any atom is -0.465 e. The van der Waals surface area contributed by atoms with Gasteiger partial charge in [0.2, 0.25) is 5.91 Å². The van der Waals surface area contributed by atoms with Crippen molar-refractivity contribution in [3.63, 3.8) is 0 Å². The van der Waals surface area contributed by atoms with Gasteiger partial charge in [-0.3, -0.25) is 19.4 Å². The Morgan fingerprint density at radius 2 is 1.02 bits per heavy atom. The third-order valence-corrected chi connectivity index (χ3v) is 13.8. The van der Waals surface area contributed by atoms with Gasteiger partial charge in [0.1, 0.15) is 0 Å². The normalized spacial score (nSPS) is 13.7. The Hall–Kier alpha value is -1.18. The zero-order valence-electron chi connectivity index (χ0n) is 41.6. The van der Waals surface area contributed by atoms with Gasteiger partial charge in [0.15, 0.2) is 0 Å². The number of rotatable bonds is 48. The van der Waals surface area contributed by atoms with Crippen LogP contribution in [0.4, 0.5) is 0 Å². The first kappa shape index (κ1) is 57.8. The second-order valence-corrected chi connectivity index (χ2v) is 19.5. The van der Waals surface area contributed by atoms with Crippen molar-refractivity contribution in [3.8, 4) is 0 Å². The van der Waals surface area contributed by atoms with Crippen molar-refractivity contribution < 1.29 is 19.4 Å². The molecule has 0 aromatic heterocycles. The largest absolute Gasteiger partial charge is 0.465 e. The Morgan fingerprint density at radius 1 is 0.541 bits per heavy atom. The molecule has 0 heterocycles. The summed E-state index contributed by atoms with van der Waals surface area (Å²) < 4.78 is 5.84. The maximum absolute atomic E-state index is 13.0. The van der Waals surface area contributed by atoms with Crippen LogP contribution in [0, 0.1) is 11.8 Å². The third kappa shape index (κ3) is 34.8. The fourth-order valence-corrected chi connectivity index (χ4v) is 9.38. The quantitative estimate of drug-likeness (QED) is 0.0468. The summed E-state index contributed by atoms with van der Waals surface area (Å²) in [6.07, 6.45) is 45.3. The number of hydrogen-bond acceptors (Lipinski definition) is 6. The molecule has 0 aromatic carbocycles. The number of nitrogens with zero attached hydrogens (tertiary/aromatic N) is 2. The van der Waals surface area contributed by atoms with E-state index >= 15 is 0 Å². The van der Waals surface area contributed by atoms with E-state index in [1.54, 1.807) is 0 Å². The Bertz CT molecular complexity index is 929. The molecule has 0 bridgehead atoms. The number of ether oxygens (including phenoxy) is 1. The molecule has 0 aliphatic heterocycles. The first-order chi connectivity index (χ1) is 30.0. The number of esters is 1. The molecule has 362 valence electrons. The molecular formula is C54H107N3O4. The van der Waals surface area contributed by atoms with Crippen molar-refractivity contribution in [2.24, 2.45) is 11.8 Å². The molecule has 1 fully saturated rings. The summed E-state index contributed by atoms with van der Waals surface area (Å²) in [5, 5.41) is 13.1. The average Bonchev–Trinajstić information content (AvgIpc) is 3.23. The van der Waals surface area contributed by atoms with Gasteiger partial charge in [0.25, 0.3) is 0 Å². The van der Waals surface area contributed by atoms with Crippen molar-refractivity contribution >= 4 is 11.9 Å². The maximum Gasteiger partial charge on any atom is 0.308 e. The van der Waals surface area contributed by atoms with Gasteiger partial charge in [-0.25, -0.2) is 0 Å². The highest BCUT2D eigenvalue weighted by Gasteiger charge is 2.25. The van der Waals surface area contributed by atoms with Crippen LogP contribution >= 0.6 is 0 Å². The summed E-state index contributed by atoms with van der Waals surface area (Å²) in [7, 11) is 0. The van der Waals surface area contributed by atoms with Crippen LogP contribution < -0.4 is 5.32 Å². The van der Waals surface area contributed by atoms with Gasteiger partial charge >= 0.3 is 5.97 Å². The Morgan fingerprint density at radius 3 is 1.56 bits per heavy atom. The lowest BCUT2D eigenvalue weighted by atomic mass is 9.91. The van der Waals surface area contributed by atoms with Crippen molar-refractivity contribution in [1.82, 2.24) is 15.1 Å². The number of amides is 1. The summed E-state index contributed by atoms with van der Waals surface area (Å²) in [4.78, 5) is 31.2. The predicted octanol–water partition coefficient (Wildman–Crippen LogP) is 14.4. The summed E-state index contributed by atoms with van der Waals surface area (Å²) >= 11 is 0. The topological polar surface area (TPSA) is 82.1 Å². The molecule has 1 atom stereocenters. The van der Waals surface area contributed by atoms with Gasteiger partial charge in [0, 0.05) is 38.6 Å². The number of hydrogen-bond donors (Lipinski definition) is 2. The highest BCUT2D eigenvalue weighted by atomic mass is 16.5. The third-order valence-electron chi connectivity index (χ3n) is 13.8. The van der Waals surface area contributed by atoms with Crippen LogP contribution in [-0.2, 0) is 14.3 Å². The molecule has 1 unspecified atom stereocenters. The lowest BCUT2D eigenvalue weighted by molar-refractivity contribution is -0.149. The first-order valence-corrected chi connectivity index (χ1v) is 27.5. The summed E-state index contributed by atoms with van der Waals surface area (Å²) in [5.74, 6) is 0.973. The molecule has 61 heavy (non-hydrogen) atoms. The molecule has 0 saturated heterocycles. The molecule has 0 radical (unpaired) electrons. The van der Waals surface area contributed by atoms with E-state index in [0.29, 0.717) is 12.5 Å². The average molecular weight is 862 g/mol. The van der Waals surface area contributed by atoms with Crippen molar-refractivity contribution in [1.29, 1.82) is 0 Å². The molecular weight excluding hydrogens is 755 g/mol. The number of carbonyl (C=O) groups is 2. The van der Waals surface area contributed by atoms with E-state index in [0.717, 1.165) is 116 Å². The number of carbonyl (C=O) groups excluding carboxylic acids is 2. The van der Waals surface area contributed by atoms with E-state index in [4.69, 9.17) is 4.74 Å². The van der Waals surface area contributed by atoms with E-state index in [2.05, 4.69) is 42.8 Å². The number of nitrogens with one attached hydrogen (secondary N) is 1. The highest BCUT2D eigenvalue weighted by Crippen LogP contribution is 2.26. The molecule has 0 aromatic rings. The van der Waals surface area contributed by atoms with Crippen LogP contribution in [0.2, 0.25) is 0 Å². The van der Waals surface area contributed by atoms with E-state index in [9.17, 15) is 14.7 Å². The van der Waals surface area contributed by atoms with Crippen LogP contribution in [0.3, 0.4) is 0 Å². The molecule has 1 rings (SSSR count). The summed E-state index contributed by atoms with van der Waals surface area (Å²) in [6, 6.07) is 0.718. The fraction of sp³-hybridized carbons (Fsp3) is 0.963. The zero-order chi connectivity index (χ0) is 44.3. The summed E-state index contributed by atoms with van der Waals surface area (Å²) in [5.41, 5.74) is 0. The second-order valence-electron chi connectivity index (χ2n) is 19.5. The van der Waals surface area contributed by atoms with Crippen molar-refractivity contribution in [2.75, 3.05) is 52.5 Å². The van der Waals surface area contributed by atoms with Gasteiger partial charge in [-0.2, -0.15) is 0 Å². The number of aliphatic hydroxyl groups is 1. The predicted molar refractivity (Wildman–Crippen MR) is 263 cm³/mol. The Balaban J connectivity index is 2.34.